The summed E-state index contributed by atoms with van der Waals surface area (Å²) in [6.07, 6.45) is 3.29. The number of thioether (sulfide) groups is 1. The summed E-state index contributed by atoms with van der Waals surface area (Å²) >= 11 is 1.26. The zero-order valence-corrected chi connectivity index (χ0v) is 11.4. The van der Waals surface area contributed by atoms with Crippen LogP contribution in [0.5, 0.6) is 0 Å². The molecule has 2 aliphatic heterocycles. The van der Waals surface area contributed by atoms with Crippen molar-refractivity contribution in [2.24, 2.45) is 5.92 Å². The van der Waals surface area contributed by atoms with Crippen LogP contribution in [0.3, 0.4) is 0 Å². The summed E-state index contributed by atoms with van der Waals surface area (Å²) < 4.78 is 0.544. The van der Waals surface area contributed by atoms with E-state index in [0.29, 0.717) is 13.0 Å². The number of fused-ring (bicyclic) bond motifs is 1. The molecule has 0 radical (unpaired) electrons. The number of carboxylic acids is 1. The van der Waals surface area contributed by atoms with Gasteiger partial charge in [-0.3, -0.25) is 14.3 Å². The molecule has 0 aliphatic carbocycles. The van der Waals surface area contributed by atoms with Crippen molar-refractivity contribution in [3.63, 3.8) is 0 Å². The normalized spacial score (nSPS) is 32.0. The second-order valence-electron chi connectivity index (χ2n) is 4.97. The van der Waals surface area contributed by atoms with Gasteiger partial charge in [-0.2, -0.15) is 5.10 Å². The van der Waals surface area contributed by atoms with Crippen LogP contribution in [-0.2, 0) is 16.1 Å². The number of β-lactam (4-membered cyclic amide) rings is 1. The Balaban J connectivity index is 1.74. The molecule has 1 aromatic heterocycles. The maximum absolute atomic E-state index is 11.7. The Bertz CT molecular complexity index is 537. The van der Waals surface area contributed by atoms with Gasteiger partial charge in [-0.25, -0.2) is 4.98 Å². The molecule has 0 aromatic carbocycles. The second kappa shape index (κ2) is 4.74. The Morgan fingerprint density at radius 3 is 3.00 bits per heavy atom. The van der Waals surface area contributed by atoms with Crippen LogP contribution in [0.2, 0.25) is 0 Å². The van der Waals surface area contributed by atoms with Crippen LogP contribution in [0.25, 0.3) is 0 Å². The number of hydrogen-bond acceptors (Lipinski definition) is 6. The fourth-order valence-corrected chi connectivity index (χ4v) is 4.29. The first-order valence-corrected chi connectivity index (χ1v) is 7.10. The Labute approximate surface area is 118 Å². The van der Waals surface area contributed by atoms with Crippen molar-refractivity contribution in [3.8, 4) is 0 Å². The number of carbonyl (C=O) groups is 2. The Hall–Kier alpha value is -1.61. The van der Waals surface area contributed by atoms with Gasteiger partial charge in [-0.1, -0.05) is 0 Å². The SMILES string of the molecule is O=C1[C@H](CO)[C@H]2SC(CCn3cncn3)(C(=O)O)CN12. The lowest BCUT2D eigenvalue weighted by molar-refractivity contribution is -0.152. The first kappa shape index (κ1) is 13.4. The summed E-state index contributed by atoms with van der Waals surface area (Å²) in [4.78, 5) is 28.7. The summed E-state index contributed by atoms with van der Waals surface area (Å²) in [5.74, 6) is -1.55. The van der Waals surface area contributed by atoms with Gasteiger partial charge in [0.25, 0.3) is 0 Å². The van der Waals surface area contributed by atoms with Gasteiger partial charge in [0.15, 0.2) is 0 Å². The van der Waals surface area contributed by atoms with Crippen molar-refractivity contribution in [1.82, 2.24) is 19.7 Å². The largest absolute Gasteiger partial charge is 0.480 e. The molecule has 0 saturated carbocycles. The molecule has 2 N–H and O–H groups in total. The number of amides is 1. The predicted octanol–water partition coefficient (Wildman–Crippen LogP) is -0.985. The van der Waals surface area contributed by atoms with Gasteiger partial charge < -0.3 is 15.1 Å². The van der Waals surface area contributed by atoms with Crippen molar-refractivity contribution in [2.45, 2.75) is 23.1 Å². The van der Waals surface area contributed by atoms with Crippen molar-refractivity contribution >= 4 is 23.6 Å². The summed E-state index contributed by atoms with van der Waals surface area (Å²) in [6, 6.07) is 0. The van der Waals surface area contributed by atoms with E-state index in [4.69, 9.17) is 5.11 Å². The van der Waals surface area contributed by atoms with Crippen LogP contribution in [0, 0.1) is 5.92 Å². The molecule has 20 heavy (non-hydrogen) atoms. The average Bonchev–Trinajstić information content (AvgIpc) is 3.03. The third-order valence-electron chi connectivity index (χ3n) is 3.82. The highest BCUT2D eigenvalue weighted by Gasteiger charge is 2.61. The minimum atomic E-state index is -1.03. The zero-order chi connectivity index (χ0) is 14.3. The summed E-state index contributed by atoms with van der Waals surface area (Å²) in [7, 11) is 0. The molecule has 0 spiro atoms. The molecule has 3 atom stereocenters. The second-order valence-corrected chi connectivity index (χ2v) is 6.47. The molecule has 1 unspecified atom stereocenters. The van der Waals surface area contributed by atoms with Crippen LogP contribution < -0.4 is 0 Å². The van der Waals surface area contributed by atoms with Crippen LogP contribution in [0.4, 0.5) is 0 Å². The molecule has 2 aliphatic rings. The van der Waals surface area contributed by atoms with Crippen molar-refractivity contribution in [2.75, 3.05) is 13.2 Å². The van der Waals surface area contributed by atoms with E-state index in [2.05, 4.69) is 10.1 Å². The molecule has 108 valence electrons. The van der Waals surface area contributed by atoms with E-state index in [1.807, 2.05) is 0 Å². The van der Waals surface area contributed by atoms with Gasteiger partial charge in [0.05, 0.1) is 17.9 Å². The van der Waals surface area contributed by atoms with E-state index >= 15 is 0 Å². The van der Waals surface area contributed by atoms with Crippen molar-refractivity contribution in [3.05, 3.63) is 12.7 Å². The maximum Gasteiger partial charge on any atom is 0.321 e. The quantitative estimate of drug-likeness (QED) is 0.672. The van der Waals surface area contributed by atoms with Crippen LogP contribution >= 0.6 is 11.8 Å². The fraction of sp³-hybridized carbons (Fsp3) is 0.636. The highest BCUT2D eigenvalue weighted by molar-refractivity contribution is 8.02. The van der Waals surface area contributed by atoms with E-state index in [1.165, 1.54) is 24.4 Å². The van der Waals surface area contributed by atoms with Gasteiger partial charge in [0.2, 0.25) is 5.91 Å². The lowest BCUT2D eigenvalue weighted by Crippen LogP contribution is -2.58. The Morgan fingerprint density at radius 2 is 2.40 bits per heavy atom. The Kier molecular flexibility index (Phi) is 3.17. The third kappa shape index (κ3) is 1.88. The number of aliphatic carboxylic acids is 1. The molecule has 3 rings (SSSR count). The molecule has 3 heterocycles. The molecule has 8 nitrogen and oxygen atoms in total. The summed E-state index contributed by atoms with van der Waals surface area (Å²) in [5.41, 5.74) is 0. The fourth-order valence-electron chi connectivity index (χ4n) is 2.63. The Morgan fingerprint density at radius 1 is 1.60 bits per heavy atom. The number of carbonyl (C=O) groups excluding carboxylic acids is 1. The number of rotatable bonds is 5. The molecule has 1 amide bonds. The number of aryl methyl sites for hydroxylation is 1. The minimum Gasteiger partial charge on any atom is -0.480 e. The van der Waals surface area contributed by atoms with Gasteiger partial charge >= 0.3 is 5.97 Å². The number of nitrogens with zero attached hydrogens (tertiary/aromatic N) is 4. The molecular weight excluding hydrogens is 284 g/mol. The summed E-state index contributed by atoms with van der Waals surface area (Å²) in [6.45, 7) is 0.380. The van der Waals surface area contributed by atoms with Crippen molar-refractivity contribution in [1.29, 1.82) is 0 Å². The number of aliphatic hydroxyl groups excluding tert-OH is 1. The van der Waals surface area contributed by atoms with Gasteiger partial charge in [-0.05, 0) is 6.42 Å². The lowest BCUT2D eigenvalue weighted by atomic mass is 9.96. The molecule has 2 fully saturated rings. The topological polar surface area (TPSA) is 109 Å². The smallest absolute Gasteiger partial charge is 0.321 e. The van der Waals surface area contributed by atoms with Crippen LogP contribution in [0.1, 0.15) is 6.42 Å². The van der Waals surface area contributed by atoms with Crippen LogP contribution in [-0.4, -0.2) is 65.0 Å². The number of carboxylic acid groups (broad SMARTS) is 1. The van der Waals surface area contributed by atoms with E-state index in [9.17, 15) is 14.7 Å². The third-order valence-corrected chi connectivity index (χ3v) is 5.61. The molecule has 9 heteroatoms. The molecule has 0 bridgehead atoms. The molecule has 2 saturated heterocycles. The highest BCUT2D eigenvalue weighted by Crippen LogP contribution is 2.51. The monoisotopic (exact) mass is 298 g/mol. The van der Waals surface area contributed by atoms with Crippen LogP contribution in [0.15, 0.2) is 12.7 Å². The average molecular weight is 298 g/mol. The predicted molar refractivity (Wildman–Crippen MR) is 68.7 cm³/mol. The highest BCUT2D eigenvalue weighted by atomic mass is 32.2. The van der Waals surface area contributed by atoms with E-state index in [-0.39, 0.29) is 24.4 Å². The summed E-state index contributed by atoms with van der Waals surface area (Å²) in [5, 5.41) is 22.4. The van der Waals surface area contributed by atoms with Crippen molar-refractivity contribution < 1.29 is 19.8 Å². The van der Waals surface area contributed by atoms with Gasteiger partial charge in [0, 0.05) is 13.1 Å². The number of hydrogen-bond donors (Lipinski definition) is 2. The first-order chi connectivity index (χ1) is 9.57. The molecule has 1 aromatic rings. The molecular formula is C11H14N4O4S. The van der Waals surface area contributed by atoms with Gasteiger partial charge in [-0.15, -0.1) is 11.8 Å². The lowest BCUT2D eigenvalue weighted by Gasteiger charge is -2.40. The number of aliphatic hydroxyl groups is 1. The van der Waals surface area contributed by atoms with E-state index in [1.54, 1.807) is 9.58 Å². The zero-order valence-electron chi connectivity index (χ0n) is 10.5. The van der Waals surface area contributed by atoms with Gasteiger partial charge in [0.1, 0.15) is 17.4 Å². The minimum absolute atomic E-state index is 0.158. The number of aromatic nitrogens is 3. The van der Waals surface area contributed by atoms with E-state index < -0.39 is 16.6 Å². The standard InChI is InChI=1S/C11H14N4O4S/c16-3-7-8(17)15-4-11(10(18)19,20-9(7)15)1-2-14-6-12-5-13-14/h5-7,9,16H,1-4H2,(H,18,19)/t7-,9+,11?/m0/s1. The maximum atomic E-state index is 11.7. The van der Waals surface area contributed by atoms with E-state index in [0.717, 1.165) is 0 Å². The first-order valence-electron chi connectivity index (χ1n) is 6.22.